The Bertz CT molecular complexity index is 792. The molecule has 3 aromatic rings. The third-order valence-corrected chi connectivity index (χ3v) is 4.02. The van der Waals surface area contributed by atoms with Crippen molar-refractivity contribution in [1.82, 2.24) is 4.98 Å². The zero-order chi connectivity index (χ0) is 15.5. The smallest absolute Gasteiger partial charge is 0.224 e. The molecule has 0 bridgehead atoms. The molecule has 0 radical (unpaired) electrons. The van der Waals surface area contributed by atoms with E-state index in [0.29, 0.717) is 11.4 Å². The highest BCUT2D eigenvalue weighted by atomic mass is 35.5. The first-order valence-electron chi connectivity index (χ1n) is 7.25. The molecule has 4 heteroatoms. The predicted molar refractivity (Wildman–Crippen MR) is 91.4 cm³/mol. The van der Waals surface area contributed by atoms with Crippen molar-refractivity contribution in [3.8, 4) is 0 Å². The van der Waals surface area contributed by atoms with E-state index in [2.05, 4.69) is 23.3 Å². The molecule has 0 saturated carbocycles. The maximum absolute atomic E-state index is 12.2. The summed E-state index contributed by atoms with van der Waals surface area (Å²) in [6, 6.07) is 15.3. The summed E-state index contributed by atoms with van der Waals surface area (Å²) < 4.78 is 0. The van der Waals surface area contributed by atoms with E-state index in [0.717, 1.165) is 11.2 Å². The number of H-pyrrole nitrogens is 1. The van der Waals surface area contributed by atoms with Crippen LogP contribution in [0.4, 0.5) is 5.69 Å². The lowest BCUT2D eigenvalue weighted by atomic mass is 9.97. The van der Waals surface area contributed by atoms with Crippen LogP contribution in [0.5, 0.6) is 0 Å². The van der Waals surface area contributed by atoms with Gasteiger partial charge < -0.3 is 10.3 Å². The maximum atomic E-state index is 12.2. The second-order valence-corrected chi connectivity index (χ2v) is 5.89. The Morgan fingerprint density at radius 3 is 2.68 bits per heavy atom. The number of aromatic nitrogens is 1. The summed E-state index contributed by atoms with van der Waals surface area (Å²) >= 11 is 5.84. The van der Waals surface area contributed by atoms with Crippen LogP contribution in [0.25, 0.3) is 10.9 Å². The van der Waals surface area contributed by atoms with E-state index >= 15 is 0 Å². The number of hydrogen-bond acceptors (Lipinski definition) is 1. The van der Waals surface area contributed by atoms with Gasteiger partial charge in [-0.15, -0.1) is 0 Å². The summed E-state index contributed by atoms with van der Waals surface area (Å²) in [6.07, 6.45) is 2.43. The Hall–Kier alpha value is -2.26. The first-order valence-corrected chi connectivity index (χ1v) is 7.62. The van der Waals surface area contributed by atoms with Gasteiger partial charge >= 0.3 is 0 Å². The van der Waals surface area contributed by atoms with Crippen molar-refractivity contribution in [3.05, 3.63) is 65.3 Å². The fraction of sp³-hybridized carbons (Fsp3) is 0.167. The molecule has 1 atom stereocenters. The van der Waals surface area contributed by atoms with E-state index in [-0.39, 0.29) is 11.8 Å². The van der Waals surface area contributed by atoms with Gasteiger partial charge in [-0.3, -0.25) is 4.79 Å². The third-order valence-electron chi connectivity index (χ3n) is 3.77. The van der Waals surface area contributed by atoms with Gasteiger partial charge in [0.15, 0.2) is 0 Å². The Balaban J connectivity index is 1.69. The van der Waals surface area contributed by atoms with Crippen LogP contribution < -0.4 is 5.32 Å². The van der Waals surface area contributed by atoms with Crippen molar-refractivity contribution in [3.63, 3.8) is 0 Å². The lowest BCUT2D eigenvalue weighted by molar-refractivity contribution is -0.116. The normalized spacial score (nSPS) is 12.3. The van der Waals surface area contributed by atoms with Crippen LogP contribution in [0.3, 0.4) is 0 Å². The average molecular weight is 313 g/mol. The highest BCUT2D eigenvalue weighted by Gasteiger charge is 2.15. The molecular formula is C18H17ClN2O. The molecule has 1 aromatic heterocycles. The lowest BCUT2D eigenvalue weighted by Gasteiger charge is -2.11. The van der Waals surface area contributed by atoms with Crippen molar-refractivity contribution < 1.29 is 4.79 Å². The molecule has 0 aliphatic heterocycles. The molecule has 0 fully saturated rings. The van der Waals surface area contributed by atoms with Crippen LogP contribution in [-0.4, -0.2) is 10.9 Å². The van der Waals surface area contributed by atoms with Gasteiger partial charge in [-0.1, -0.05) is 36.7 Å². The number of para-hydroxylation sites is 1. The Labute approximate surface area is 134 Å². The summed E-state index contributed by atoms with van der Waals surface area (Å²) in [7, 11) is 0. The number of nitrogens with one attached hydrogen (secondary N) is 2. The van der Waals surface area contributed by atoms with Gasteiger partial charge in [0.2, 0.25) is 5.91 Å². The fourth-order valence-corrected chi connectivity index (χ4v) is 2.76. The van der Waals surface area contributed by atoms with Crippen LogP contribution in [0.15, 0.2) is 54.7 Å². The Kier molecular flexibility index (Phi) is 4.16. The van der Waals surface area contributed by atoms with Crippen LogP contribution in [0.2, 0.25) is 5.02 Å². The molecule has 0 saturated heterocycles. The predicted octanol–water partition coefficient (Wildman–Crippen LogP) is 4.95. The van der Waals surface area contributed by atoms with Gasteiger partial charge in [-0.25, -0.2) is 0 Å². The van der Waals surface area contributed by atoms with E-state index < -0.39 is 0 Å². The minimum atomic E-state index is 0.0000959. The van der Waals surface area contributed by atoms with Gasteiger partial charge in [0.25, 0.3) is 0 Å². The van der Waals surface area contributed by atoms with E-state index in [1.54, 1.807) is 24.3 Å². The number of anilines is 1. The molecule has 2 N–H and O–H groups in total. The summed E-state index contributed by atoms with van der Waals surface area (Å²) in [5, 5.41) is 4.74. The number of halogens is 1. The van der Waals surface area contributed by atoms with Gasteiger partial charge in [-0.2, -0.15) is 0 Å². The van der Waals surface area contributed by atoms with Gasteiger partial charge in [0.05, 0.1) is 0 Å². The second-order valence-electron chi connectivity index (χ2n) is 5.45. The molecule has 2 aromatic carbocycles. The molecule has 22 heavy (non-hydrogen) atoms. The standard InChI is InChI=1S/C18H17ClN2O/c1-12(16-11-20-17-5-3-2-4-15(16)17)10-18(22)21-14-8-6-13(19)7-9-14/h2-9,11-12,20H,10H2,1H3,(H,21,22). The average Bonchev–Trinajstić information content (AvgIpc) is 2.93. The van der Waals surface area contributed by atoms with E-state index in [1.807, 2.05) is 24.4 Å². The Morgan fingerprint density at radius 1 is 1.18 bits per heavy atom. The third kappa shape index (κ3) is 3.15. The number of rotatable bonds is 4. The summed E-state index contributed by atoms with van der Waals surface area (Å²) in [5.74, 6) is 0.142. The molecule has 1 unspecified atom stereocenters. The molecule has 0 aliphatic carbocycles. The second kappa shape index (κ2) is 6.24. The highest BCUT2D eigenvalue weighted by molar-refractivity contribution is 6.30. The molecule has 1 amide bonds. The van der Waals surface area contributed by atoms with Crippen LogP contribution in [0, 0.1) is 0 Å². The van der Waals surface area contributed by atoms with Gasteiger partial charge in [0.1, 0.15) is 0 Å². The lowest BCUT2D eigenvalue weighted by Crippen LogP contribution is -2.14. The fourth-order valence-electron chi connectivity index (χ4n) is 2.63. The number of hydrogen-bond donors (Lipinski definition) is 2. The number of carbonyl (C=O) groups is 1. The maximum Gasteiger partial charge on any atom is 0.224 e. The van der Waals surface area contributed by atoms with Crippen LogP contribution in [-0.2, 0) is 4.79 Å². The first-order chi connectivity index (χ1) is 10.6. The van der Waals surface area contributed by atoms with Crippen molar-refractivity contribution in [2.45, 2.75) is 19.3 Å². The quantitative estimate of drug-likeness (QED) is 0.703. The molecule has 1 heterocycles. The van der Waals surface area contributed by atoms with Crippen molar-refractivity contribution in [2.75, 3.05) is 5.32 Å². The largest absolute Gasteiger partial charge is 0.361 e. The number of amides is 1. The molecule has 3 nitrogen and oxygen atoms in total. The summed E-state index contributed by atoms with van der Waals surface area (Å²) in [6.45, 7) is 2.07. The number of benzene rings is 2. The molecule has 3 rings (SSSR count). The summed E-state index contributed by atoms with van der Waals surface area (Å²) in [4.78, 5) is 15.4. The zero-order valence-corrected chi connectivity index (χ0v) is 13.0. The SMILES string of the molecule is CC(CC(=O)Nc1ccc(Cl)cc1)c1c[nH]c2ccccc12. The van der Waals surface area contributed by atoms with Crippen molar-refractivity contribution in [1.29, 1.82) is 0 Å². The molecule has 0 spiro atoms. The van der Waals surface area contributed by atoms with Gasteiger partial charge in [0, 0.05) is 34.2 Å². The number of carbonyl (C=O) groups excluding carboxylic acids is 1. The molecule has 112 valence electrons. The molecule has 0 aliphatic rings. The topological polar surface area (TPSA) is 44.9 Å². The summed E-state index contributed by atoms with van der Waals surface area (Å²) in [5.41, 5.74) is 3.03. The van der Waals surface area contributed by atoms with Crippen molar-refractivity contribution >= 4 is 34.1 Å². The van der Waals surface area contributed by atoms with Gasteiger partial charge in [-0.05, 0) is 41.8 Å². The van der Waals surface area contributed by atoms with E-state index in [4.69, 9.17) is 11.6 Å². The Morgan fingerprint density at radius 2 is 1.91 bits per heavy atom. The van der Waals surface area contributed by atoms with E-state index in [1.165, 1.54) is 10.9 Å². The first kappa shape index (κ1) is 14.7. The number of fused-ring (bicyclic) bond motifs is 1. The molecular weight excluding hydrogens is 296 g/mol. The van der Waals surface area contributed by atoms with E-state index in [9.17, 15) is 4.79 Å². The van der Waals surface area contributed by atoms with Crippen molar-refractivity contribution in [2.24, 2.45) is 0 Å². The van der Waals surface area contributed by atoms with Crippen LogP contribution >= 0.6 is 11.6 Å². The highest BCUT2D eigenvalue weighted by Crippen LogP contribution is 2.27. The number of aromatic amines is 1. The van der Waals surface area contributed by atoms with Crippen LogP contribution in [0.1, 0.15) is 24.8 Å². The minimum Gasteiger partial charge on any atom is -0.361 e. The minimum absolute atomic E-state index is 0.0000959. The monoisotopic (exact) mass is 312 g/mol. The zero-order valence-electron chi connectivity index (χ0n) is 12.3.